The smallest absolute Gasteiger partial charge is 0.339 e. The second kappa shape index (κ2) is 12.5. The quantitative estimate of drug-likeness (QED) is 0.0913. The number of non-ortho nitro benzene ring substituents is 1. The summed E-state index contributed by atoms with van der Waals surface area (Å²) in [5.74, 6) is -0.643. The summed E-state index contributed by atoms with van der Waals surface area (Å²) in [5, 5.41) is 30.6. The number of fused-ring (bicyclic) bond motifs is 3. The largest absolute Gasteiger partial charge is 0.462 e. The van der Waals surface area contributed by atoms with E-state index >= 15 is 0 Å². The summed E-state index contributed by atoms with van der Waals surface area (Å²) >= 11 is 0. The molecule has 0 fully saturated rings. The van der Waals surface area contributed by atoms with Crippen molar-refractivity contribution in [2.45, 2.75) is 64.7 Å². The summed E-state index contributed by atoms with van der Waals surface area (Å²) in [5.41, 5.74) is 1.94. The zero-order chi connectivity index (χ0) is 25.2. The first kappa shape index (κ1) is 25.6. The van der Waals surface area contributed by atoms with Crippen LogP contribution in [0.15, 0.2) is 42.0 Å². The fourth-order valence-electron chi connectivity index (χ4n) is 4.51. The Kier molecular flexibility index (Phi) is 9.15. The van der Waals surface area contributed by atoms with E-state index in [2.05, 4.69) is 6.92 Å². The number of carbonyl (C=O) groups excluding carboxylic acids is 1. The Morgan fingerprint density at radius 1 is 0.914 bits per heavy atom. The van der Waals surface area contributed by atoms with Crippen LogP contribution in [0.2, 0.25) is 0 Å². The number of allylic oxidation sites excluding steroid dienone is 1. The monoisotopic (exact) mass is 471 g/mol. The summed E-state index contributed by atoms with van der Waals surface area (Å²) in [6.45, 7) is 2.44. The van der Waals surface area contributed by atoms with Gasteiger partial charge >= 0.3 is 5.97 Å². The minimum absolute atomic E-state index is 0.0720. The number of esters is 1. The summed E-state index contributed by atoms with van der Waals surface area (Å²) in [6, 6.07) is 13.3. The first-order valence-electron chi connectivity index (χ1n) is 12.2. The molecule has 180 valence electrons. The zero-order valence-corrected chi connectivity index (χ0v) is 20.0. The average molecular weight is 472 g/mol. The van der Waals surface area contributed by atoms with Gasteiger partial charge in [0.25, 0.3) is 5.69 Å². The van der Waals surface area contributed by atoms with E-state index in [9.17, 15) is 25.4 Å². The van der Waals surface area contributed by atoms with Crippen molar-refractivity contribution in [3.8, 4) is 23.3 Å². The van der Waals surface area contributed by atoms with Gasteiger partial charge in [0.2, 0.25) is 0 Å². The maximum Gasteiger partial charge on any atom is 0.339 e. The third-order valence-electron chi connectivity index (χ3n) is 6.24. The predicted molar refractivity (Wildman–Crippen MR) is 133 cm³/mol. The second-order valence-corrected chi connectivity index (χ2v) is 8.66. The van der Waals surface area contributed by atoms with E-state index in [-0.39, 0.29) is 23.4 Å². The van der Waals surface area contributed by atoms with Crippen LogP contribution in [0.1, 0.15) is 86.2 Å². The number of carbonyl (C=O) groups is 1. The number of unbranched alkanes of at least 4 members (excludes halogenated alkanes) is 8. The molecule has 0 N–H and O–H groups in total. The first-order valence-corrected chi connectivity index (χ1v) is 12.2. The molecule has 0 spiro atoms. The van der Waals surface area contributed by atoms with E-state index in [0.717, 1.165) is 19.3 Å². The highest BCUT2D eigenvalue weighted by molar-refractivity contribution is 6.11. The molecule has 0 radical (unpaired) electrons. The summed E-state index contributed by atoms with van der Waals surface area (Å²) < 4.78 is 5.50. The maximum atomic E-state index is 13.0. The molecule has 0 amide bonds. The van der Waals surface area contributed by atoms with Gasteiger partial charge in [-0.05, 0) is 23.1 Å². The van der Waals surface area contributed by atoms with E-state index in [1.54, 1.807) is 24.3 Å². The molecule has 7 nitrogen and oxygen atoms in total. The van der Waals surface area contributed by atoms with Crippen LogP contribution in [0, 0.1) is 32.8 Å². The lowest BCUT2D eigenvalue weighted by molar-refractivity contribution is -0.384. The molecule has 0 aromatic heterocycles. The number of hydrogen-bond donors (Lipinski definition) is 0. The van der Waals surface area contributed by atoms with Crippen LogP contribution < -0.4 is 0 Å². The third-order valence-corrected chi connectivity index (χ3v) is 6.24. The van der Waals surface area contributed by atoms with Gasteiger partial charge in [-0.3, -0.25) is 10.1 Å². The van der Waals surface area contributed by atoms with E-state index < -0.39 is 10.9 Å². The fraction of sp³-hybridized carbons (Fsp3) is 0.393. The lowest BCUT2D eigenvalue weighted by Gasteiger charge is -2.10. The van der Waals surface area contributed by atoms with Gasteiger partial charge in [-0.25, -0.2) is 4.79 Å². The number of hydrogen-bond acceptors (Lipinski definition) is 6. The van der Waals surface area contributed by atoms with Crippen LogP contribution in [-0.4, -0.2) is 17.5 Å². The number of ether oxygens (including phenoxy) is 1. The molecule has 2 aromatic carbocycles. The van der Waals surface area contributed by atoms with E-state index in [1.807, 2.05) is 12.1 Å². The Hall–Kier alpha value is -3.97. The van der Waals surface area contributed by atoms with Crippen molar-refractivity contribution < 1.29 is 14.5 Å². The molecule has 0 saturated carbocycles. The van der Waals surface area contributed by atoms with Crippen LogP contribution in [0.25, 0.3) is 16.7 Å². The summed E-state index contributed by atoms with van der Waals surface area (Å²) in [4.78, 5) is 24.1. The van der Waals surface area contributed by atoms with Crippen LogP contribution in [-0.2, 0) is 4.74 Å². The average Bonchev–Trinajstić information content (AvgIpc) is 3.19. The molecule has 0 unspecified atom stereocenters. The van der Waals surface area contributed by atoms with Gasteiger partial charge in [0.1, 0.15) is 17.7 Å². The highest BCUT2D eigenvalue weighted by Gasteiger charge is 2.33. The Bertz CT molecular complexity index is 1200. The van der Waals surface area contributed by atoms with Crippen molar-refractivity contribution >= 4 is 17.2 Å². The van der Waals surface area contributed by atoms with Crippen LogP contribution >= 0.6 is 0 Å². The molecule has 7 heteroatoms. The minimum Gasteiger partial charge on any atom is -0.462 e. The van der Waals surface area contributed by atoms with Crippen LogP contribution in [0.5, 0.6) is 0 Å². The molecule has 0 atom stereocenters. The van der Waals surface area contributed by atoms with Gasteiger partial charge in [-0.1, -0.05) is 82.6 Å². The predicted octanol–water partition coefficient (Wildman–Crippen LogP) is 7.11. The van der Waals surface area contributed by atoms with Gasteiger partial charge in [0.05, 0.1) is 17.1 Å². The van der Waals surface area contributed by atoms with Gasteiger partial charge in [0, 0.05) is 23.3 Å². The van der Waals surface area contributed by atoms with Gasteiger partial charge in [-0.2, -0.15) is 10.5 Å². The third kappa shape index (κ3) is 5.94. The Morgan fingerprint density at radius 2 is 1.51 bits per heavy atom. The van der Waals surface area contributed by atoms with E-state index in [4.69, 9.17) is 4.74 Å². The van der Waals surface area contributed by atoms with Crippen molar-refractivity contribution in [3.63, 3.8) is 0 Å². The maximum absolute atomic E-state index is 13.0. The molecule has 1 aliphatic carbocycles. The molecule has 0 aliphatic heterocycles. The normalized spacial score (nSPS) is 11.2. The zero-order valence-electron chi connectivity index (χ0n) is 20.0. The van der Waals surface area contributed by atoms with Crippen LogP contribution in [0.4, 0.5) is 5.69 Å². The number of nitrogens with zero attached hydrogens (tertiary/aromatic N) is 3. The Labute approximate surface area is 205 Å². The lowest BCUT2D eigenvalue weighted by Crippen LogP contribution is -2.09. The number of rotatable bonds is 12. The number of nitro groups is 1. The van der Waals surface area contributed by atoms with Crippen molar-refractivity contribution in [1.29, 1.82) is 10.5 Å². The molecule has 0 heterocycles. The molecule has 35 heavy (non-hydrogen) atoms. The molecule has 0 saturated heterocycles. The topological polar surface area (TPSA) is 117 Å². The molecule has 2 aromatic rings. The van der Waals surface area contributed by atoms with Crippen molar-refractivity contribution in [1.82, 2.24) is 0 Å². The van der Waals surface area contributed by atoms with Crippen LogP contribution in [0.3, 0.4) is 0 Å². The molecule has 0 bridgehead atoms. The second-order valence-electron chi connectivity index (χ2n) is 8.66. The van der Waals surface area contributed by atoms with Crippen molar-refractivity contribution in [3.05, 3.63) is 68.8 Å². The lowest BCUT2D eigenvalue weighted by atomic mass is 9.96. The molecule has 1 aliphatic rings. The highest BCUT2D eigenvalue weighted by Crippen LogP contribution is 2.48. The Morgan fingerprint density at radius 3 is 2.11 bits per heavy atom. The van der Waals surface area contributed by atoms with Gasteiger partial charge < -0.3 is 4.74 Å². The van der Waals surface area contributed by atoms with Gasteiger partial charge in [-0.15, -0.1) is 0 Å². The standard InChI is InChI=1S/C28H29N3O4/c1-2-3-4-5-6-7-8-9-12-15-35-28(32)25-17-21(31(33)34)16-24-26(20(18-29)19-30)22-13-10-11-14-23(22)27(24)25/h10-11,13-14,16-17H,2-9,12,15H2,1H3. The number of nitriles is 2. The van der Waals surface area contributed by atoms with Crippen molar-refractivity contribution in [2.75, 3.05) is 6.61 Å². The molecular formula is C28H29N3O4. The number of benzene rings is 2. The van der Waals surface area contributed by atoms with E-state index in [1.165, 1.54) is 50.7 Å². The fourth-order valence-corrected chi connectivity index (χ4v) is 4.51. The number of nitro benzene ring substituents is 1. The van der Waals surface area contributed by atoms with Gasteiger partial charge in [0.15, 0.2) is 0 Å². The highest BCUT2D eigenvalue weighted by atomic mass is 16.6. The minimum atomic E-state index is -0.643. The molecular weight excluding hydrogens is 442 g/mol. The summed E-state index contributed by atoms with van der Waals surface area (Å²) in [6.07, 6.45) is 10.2. The van der Waals surface area contributed by atoms with Crippen molar-refractivity contribution in [2.24, 2.45) is 0 Å². The molecule has 3 rings (SSSR count). The summed E-state index contributed by atoms with van der Waals surface area (Å²) in [7, 11) is 0. The van der Waals surface area contributed by atoms with E-state index in [0.29, 0.717) is 27.8 Å². The first-order chi connectivity index (χ1) is 17.0. The SMILES string of the molecule is CCCCCCCCCCCOC(=O)c1cc([N+](=O)[O-])cc2c1-c1ccccc1C2=C(C#N)C#N. The Balaban J connectivity index is 1.79.